The van der Waals surface area contributed by atoms with Crippen molar-refractivity contribution in [2.45, 2.75) is 44.7 Å². The summed E-state index contributed by atoms with van der Waals surface area (Å²) in [6.07, 6.45) is 4.28. The largest absolute Gasteiger partial charge is 0.326 e. The number of anilines is 1. The minimum atomic E-state index is -0.642. The zero-order chi connectivity index (χ0) is 22.0. The average Bonchev–Trinajstić information content (AvgIpc) is 3.08. The van der Waals surface area contributed by atoms with Crippen LogP contribution < -0.4 is 10.6 Å². The zero-order valence-electron chi connectivity index (χ0n) is 17.9. The number of likely N-dealkylation sites (tertiary alicyclic amines) is 1. The second-order valence-electron chi connectivity index (χ2n) is 8.53. The normalized spacial score (nSPS) is 21.6. The number of piperidine rings is 2. The summed E-state index contributed by atoms with van der Waals surface area (Å²) in [6.45, 7) is 3.99. The number of carbonyl (C=O) groups excluding carboxylic acids is 4. The molecule has 4 rings (SSSR count). The predicted octanol–water partition coefficient (Wildman–Crippen LogP) is 1.40. The monoisotopic (exact) mass is 427 g/mol. The van der Waals surface area contributed by atoms with Crippen LogP contribution >= 0.6 is 0 Å². The molecule has 0 saturated carbocycles. The maximum absolute atomic E-state index is 12.8. The first-order valence-electron chi connectivity index (χ1n) is 10.9. The summed E-state index contributed by atoms with van der Waals surface area (Å²) in [5, 5.41) is 5.20. The van der Waals surface area contributed by atoms with Crippen molar-refractivity contribution in [3.8, 4) is 0 Å². The van der Waals surface area contributed by atoms with Gasteiger partial charge in [0.05, 0.1) is 0 Å². The lowest BCUT2D eigenvalue weighted by Crippen LogP contribution is -2.52. The van der Waals surface area contributed by atoms with E-state index in [4.69, 9.17) is 0 Å². The van der Waals surface area contributed by atoms with Crippen LogP contribution in [0.25, 0.3) is 0 Å². The van der Waals surface area contributed by atoms with Crippen molar-refractivity contribution in [1.82, 2.24) is 20.0 Å². The van der Waals surface area contributed by atoms with Crippen LogP contribution in [0.15, 0.2) is 18.2 Å². The number of hydrogen-bond acceptors (Lipinski definition) is 5. The Balaban J connectivity index is 1.35. The molecule has 2 fully saturated rings. The van der Waals surface area contributed by atoms with E-state index >= 15 is 0 Å². The number of nitrogens with zero attached hydrogens (tertiary/aromatic N) is 3. The Morgan fingerprint density at radius 1 is 1.19 bits per heavy atom. The highest BCUT2D eigenvalue weighted by molar-refractivity contribution is 6.05. The maximum Gasteiger partial charge on any atom is 0.321 e. The van der Waals surface area contributed by atoms with Gasteiger partial charge in [-0.15, -0.1) is 0 Å². The minimum absolute atomic E-state index is 0.191. The molecule has 3 heterocycles. The highest BCUT2D eigenvalue weighted by Crippen LogP contribution is 2.29. The molecule has 3 aliphatic rings. The van der Waals surface area contributed by atoms with Crippen LogP contribution in [-0.2, 0) is 16.1 Å². The van der Waals surface area contributed by atoms with Crippen LogP contribution in [0.4, 0.5) is 10.5 Å². The van der Waals surface area contributed by atoms with Crippen molar-refractivity contribution >= 4 is 29.4 Å². The lowest BCUT2D eigenvalue weighted by atomic mass is 10.0. The lowest BCUT2D eigenvalue weighted by molar-refractivity contribution is -0.136. The fraction of sp³-hybridized carbons (Fsp3) is 0.545. The molecular formula is C22H29N5O4. The van der Waals surface area contributed by atoms with Gasteiger partial charge in [0.1, 0.15) is 6.04 Å². The standard InChI is InChI=1S/C22H29N5O4/c1-25(11-12-26-9-3-2-4-10-26)22(31)23-16-5-6-17-15(13-16)14-27(21(17)30)18-7-8-19(28)24-20(18)29/h5-6,13,18H,2-4,7-12,14H2,1H3,(H,23,31)(H,24,28,29). The molecule has 0 spiro atoms. The molecule has 3 aliphatic heterocycles. The molecule has 1 atom stereocenters. The Hall–Kier alpha value is -2.94. The third kappa shape index (κ3) is 4.71. The van der Waals surface area contributed by atoms with Crippen LogP contribution in [0.5, 0.6) is 0 Å². The van der Waals surface area contributed by atoms with Gasteiger partial charge in [-0.3, -0.25) is 19.7 Å². The van der Waals surface area contributed by atoms with Gasteiger partial charge in [0.2, 0.25) is 11.8 Å². The Labute approximate surface area is 181 Å². The van der Waals surface area contributed by atoms with E-state index in [1.165, 1.54) is 24.2 Å². The zero-order valence-corrected chi connectivity index (χ0v) is 17.9. The topological polar surface area (TPSA) is 102 Å². The summed E-state index contributed by atoms with van der Waals surface area (Å²) >= 11 is 0. The molecule has 2 N–H and O–H groups in total. The van der Waals surface area contributed by atoms with Crippen LogP contribution in [0.2, 0.25) is 0 Å². The number of urea groups is 1. The summed E-state index contributed by atoms with van der Waals surface area (Å²) in [7, 11) is 1.78. The summed E-state index contributed by atoms with van der Waals surface area (Å²) < 4.78 is 0. The molecule has 2 saturated heterocycles. The predicted molar refractivity (Wildman–Crippen MR) is 114 cm³/mol. The van der Waals surface area contributed by atoms with Gasteiger partial charge < -0.3 is 20.0 Å². The van der Waals surface area contributed by atoms with Crippen molar-refractivity contribution in [2.75, 3.05) is 38.5 Å². The number of benzene rings is 1. The Kier molecular flexibility index (Phi) is 6.22. The highest BCUT2D eigenvalue weighted by atomic mass is 16.2. The Morgan fingerprint density at radius 3 is 2.71 bits per heavy atom. The van der Waals surface area contributed by atoms with E-state index in [1.807, 2.05) is 0 Å². The number of rotatable bonds is 5. The number of imide groups is 1. The van der Waals surface area contributed by atoms with E-state index < -0.39 is 11.9 Å². The van der Waals surface area contributed by atoms with Gasteiger partial charge in [0.25, 0.3) is 5.91 Å². The van der Waals surface area contributed by atoms with E-state index in [1.54, 1.807) is 30.1 Å². The molecule has 166 valence electrons. The second kappa shape index (κ2) is 9.05. The molecule has 0 radical (unpaired) electrons. The second-order valence-corrected chi connectivity index (χ2v) is 8.53. The van der Waals surface area contributed by atoms with Gasteiger partial charge in [0.15, 0.2) is 0 Å². The van der Waals surface area contributed by atoms with Gasteiger partial charge in [-0.25, -0.2) is 4.79 Å². The van der Waals surface area contributed by atoms with E-state index in [2.05, 4.69) is 15.5 Å². The lowest BCUT2D eigenvalue weighted by Gasteiger charge is -2.29. The number of carbonyl (C=O) groups is 4. The molecule has 1 unspecified atom stereocenters. The van der Waals surface area contributed by atoms with E-state index in [0.717, 1.165) is 25.2 Å². The summed E-state index contributed by atoms with van der Waals surface area (Å²) in [6, 6.07) is 4.35. The van der Waals surface area contributed by atoms with E-state index in [0.29, 0.717) is 24.2 Å². The Bertz CT molecular complexity index is 896. The summed E-state index contributed by atoms with van der Waals surface area (Å²) in [5.41, 5.74) is 1.91. The summed E-state index contributed by atoms with van der Waals surface area (Å²) in [4.78, 5) is 54.4. The molecule has 31 heavy (non-hydrogen) atoms. The van der Waals surface area contributed by atoms with E-state index in [9.17, 15) is 19.2 Å². The van der Waals surface area contributed by atoms with Crippen LogP contribution in [0, 0.1) is 0 Å². The third-order valence-corrected chi connectivity index (χ3v) is 6.32. The molecule has 9 nitrogen and oxygen atoms in total. The molecule has 1 aromatic carbocycles. The number of nitrogens with one attached hydrogen (secondary N) is 2. The van der Waals surface area contributed by atoms with E-state index in [-0.39, 0.29) is 30.8 Å². The first-order chi connectivity index (χ1) is 14.9. The van der Waals surface area contributed by atoms with Gasteiger partial charge >= 0.3 is 6.03 Å². The number of hydrogen-bond donors (Lipinski definition) is 2. The third-order valence-electron chi connectivity index (χ3n) is 6.32. The van der Waals surface area contributed by atoms with Crippen molar-refractivity contribution < 1.29 is 19.2 Å². The van der Waals surface area contributed by atoms with Crippen LogP contribution in [0.1, 0.15) is 48.0 Å². The molecular weight excluding hydrogens is 398 g/mol. The molecule has 0 aliphatic carbocycles. The fourth-order valence-electron chi connectivity index (χ4n) is 4.45. The van der Waals surface area contributed by atoms with Gasteiger partial charge in [0, 0.05) is 44.4 Å². The number of fused-ring (bicyclic) bond motifs is 1. The first-order valence-corrected chi connectivity index (χ1v) is 10.9. The molecule has 0 aromatic heterocycles. The Morgan fingerprint density at radius 2 is 1.97 bits per heavy atom. The summed E-state index contributed by atoms with van der Waals surface area (Å²) in [5.74, 6) is -0.956. The number of likely N-dealkylation sites (N-methyl/N-ethyl adjacent to an activating group) is 1. The molecule has 1 aromatic rings. The highest BCUT2D eigenvalue weighted by Gasteiger charge is 2.39. The van der Waals surface area contributed by atoms with Crippen molar-refractivity contribution in [3.63, 3.8) is 0 Å². The molecule has 0 bridgehead atoms. The van der Waals surface area contributed by atoms with Crippen LogP contribution in [-0.4, -0.2) is 77.7 Å². The average molecular weight is 428 g/mol. The smallest absolute Gasteiger partial charge is 0.321 e. The molecule has 9 heteroatoms. The minimum Gasteiger partial charge on any atom is -0.326 e. The van der Waals surface area contributed by atoms with Crippen molar-refractivity contribution in [3.05, 3.63) is 29.3 Å². The SMILES string of the molecule is CN(CCN1CCCCC1)C(=O)Nc1ccc2c(c1)CN(C1CCC(=O)NC1=O)C2=O. The van der Waals surface area contributed by atoms with Gasteiger partial charge in [-0.2, -0.15) is 0 Å². The fourth-order valence-corrected chi connectivity index (χ4v) is 4.45. The quantitative estimate of drug-likeness (QED) is 0.692. The first kappa shape index (κ1) is 21.3. The van der Waals surface area contributed by atoms with Gasteiger partial charge in [-0.1, -0.05) is 6.42 Å². The molecule has 5 amide bonds. The maximum atomic E-state index is 12.8. The van der Waals surface area contributed by atoms with Crippen LogP contribution in [0.3, 0.4) is 0 Å². The van der Waals surface area contributed by atoms with Crippen molar-refractivity contribution in [1.29, 1.82) is 0 Å². The van der Waals surface area contributed by atoms with Crippen molar-refractivity contribution in [2.24, 2.45) is 0 Å². The van der Waals surface area contributed by atoms with Gasteiger partial charge in [-0.05, 0) is 56.1 Å². The number of amides is 5.